The van der Waals surface area contributed by atoms with Gasteiger partial charge < -0.3 is 9.84 Å². The molecule has 1 saturated heterocycles. The summed E-state index contributed by atoms with van der Waals surface area (Å²) in [6.45, 7) is 13.0. The molecule has 0 bridgehead atoms. The van der Waals surface area contributed by atoms with Crippen LogP contribution >= 0.6 is 0 Å². The molecule has 0 amide bonds. The van der Waals surface area contributed by atoms with Gasteiger partial charge in [0.25, 0.3) is 0 Å². The van der Waals surface area contributed by atoms with E-state index in [0.717, 1.165) is 37.6 Å². The van der Waals surface area contributed by atoms with E-state index >= 15 is 0 Å². The largest absolute Gasteiger partial charge is 0.360 e. The minimum absolute atomic E-state index is 0.476. The third kappa shape index (κ3) is 4.62. The monoisotopic (exact) mass is 265 g/mol. The fourth-order valence-corrected chi connectivity index (χ4v) is 2.36. The van der Waals surface area contributed by atoms with Crippen LogP contribution in [0.4, 0.5) is 0 Å². The summed E-state index contributed by atoms with van der Waals surface area (Å²) in [5.74, 6) is 0.986. The van der Waals surface area contributed by atoms with Crippen LogP contribution in [0.1, 0.15) is 52.0 Å². The van der Waals surface area contributed by atoms with Gasteiger partial charge in [0.05, 0.1) is 12.2 Å². The summed E-state index contributed by atoms with van der Waals surface area (Å²) < 4.78 is 5.42. The predicted octanol–water partition coefficient (Wildman–Crippen LogP) is 2.79. The second kappa shape index (κ2) is 6.06. The standard InChI is InChI=1S/C15H27N3O/c1-12(2)16-10-13-9-14(19-17-13)11-18-7-5-15(3,4)6-8-18/h9,12,16H,5-8,10-11H2,1-4H3. The molecule has 19 heavy (non-hydrogen) atoms. The summed E-state index contributed by atoms with van der Waals surface area (Å²) in [5, 5.41) is 7.47. The number of likely N-dealkylation sites (tertiary alicyclic amines) is 1. The first-order valence-corrected chi connectivity index (χ1v) is 7.35. The number of hydrogen-bond donors (Lipinski definition) is 1. The minimum Gasteiger partial charge on any atom is -0.360 e. The van der Waals surface area contributed by atoms with Crippen LogP contribution in [0.2, 0.25) is 0 Å². The normalized spacial score (nSPS) is 20.1. The molecule has 4 heteroatoms. The molecule has 1 aromatic rings. The van der Waals surface area contributed by atoms with E-state index in [0.29, 0.717) is 11.5 Å². The zero-order valence-corrected chi connectivity index (χ0v) is 12.7. The van der Waals surface area contributed by atoms with Gasteiger partial charge >= 0.3 is 0 Å². The highest BCUT2D eigenvalue weighted by Crippen LogP contribution is 2.30. The molecule has 1 aromatic heterocycles. The average molecular weight is 265 g/mol. The highest BCUT2D eigenvalue weighted by atomic mass is 16.5. The van der Waals surface area contributed by atoms with Crippen LogP contribution in [0, 0.1) is 5.41 Å². The maximum Gasteiger partial charge on any atom is 0.151 e. The van der Waals surface area contributed by atoms with Crippen molar-refractivity contribution >= 4 is 0 Å². The van der Waals surface area contributed by atoms with Gasteiger partial charge in [0.15, 0.2) is 5.76 Å². The first-order valence-electron chi connectivity index (χ1n) is 7.35. The van der Waals surface area contributed by atoms with Gasteiger partial charge in [-0.2, -0.15) is 0 Å². The first kappa shape index (κ1) is 14.5. The van der Waals surface area contributed by atoms with E-state index in [4.69, 9.17) is 4.52 Å². The maximum atomic E-state index is 5.42. The Morgan fingerprint density at radius 1 is 1.37 bits per heavy atom. The summed E-state index contributed by atoms with van der Waals surface area (Å²) in [6, 6.07) is 2.55. The second-order valence-corrected chi connectivity index (χ2v) is 6.76. The minimum atomic E-state index is 0.476. The van der Waals surface area contributed by atoms with Crippen molar-refractivity contribution in [3.8, 4) is 0 Å². The Hall–Kier alpha value is -0.870. The van der Waals surface area contributed by atoms with Crippen LogP contribution in [-0.2, 0) is 13.1 Å². The summed E-state index contributed by atoms with van der Waals surface area (Å²) in [4.78, 5) is 2.46. The molecule has 0 unspecified atom stereocenters. The van der Waals surface area contributed by atoms with Gasteiger partial charge in [-0.3, -0.25) is 4.90 Å². The van der Waals surface area contributed by atoms with Gasteiger partial charge in [0, 0.05) is 18.7 Å². The smallest absolute Gasteiger partial charge is 0.151 e. The number of piperidine rings is 1. The Labute approximate surface area is 116 Å². The van der Waals surface area contributed by atoms with Crippen molar-refractivity contribution in [2.45, 2.75) is 59.7 Å². The molecular weight excluding hydrogens is 238 g/mol. The van der Waals surface area contributed by atoms with Crippen LogP contribution in [0.25, 0.3) is 0 Å². The Kier molecular flexibility index (Phi) is 4.63. The van der Waals surface area contributed by atoms with Crippen molar-refractivity contribution in [2.75, 3.05) is 13.1 Å². The molecule has 4 nitrogen and oxygen atoms in total. The molecule has 1 aliphatic rings. The van der Waals surface area contributed by atoms with Gasteiger partial charge in [-0.25, -0.2) is 0 Å². The maximum absolute atomic E-state index is 5.42. The lowest BCUT2D eigenvalue weighted by Crippen LogP contribution is -2.36. The fourth-order valence-electron chi connectivity index (χ4n) is 2.36. The molecule has 2 rings (SSSR count). The third-order valence-corrected chi connectivity index (χ3v) is 3.89. The van der Waals surface area contributed by atoms with Crippen molar-refractivity contribution < 1.29 is 4.52 Å². The van der Waals surface area contributed by atoms with Gasteiger partial charge in [-0.1, -0.05) is 32.9 Å². The zero-order valence-electron chi connectivity index (χ0n) is 12.7. The third-order valence-electron chi connectivity index (χ3n) is 3.89. The molecule has 1 N–H and O–H groups in total. The van der Waals surface area contributed by atoms with Crippen LogP contribution < -0.4 is 5.32 Å². The van der Waals surface area contributed by atoms with Crippen molar-refractivity contribution in [3.63, 3.8) is 0 Å². The number of hydrogen-bond acceptors (Lipinski definition) is 4. The summed E-state index contributed by atoms with van der Waals surface area (Å²) in [7, 11) is 0. The molecule has 1 fully saturated rings. The molecule has 0 radical (unpaired) electrons. The first-order chi connectivity index (χ1) is 8.94. The lowest BCUT2D eigenvalue weighted by molar-refractivity contribution is 0.117. The second-order valence-electron chi connectivity index (χ2n) is 6.76. The molecule has 0 aromatic carbocycles. The summed E-state index contributed by atoms with van der Waals surface area (Å²) in [6.07, 6.45) is 2.53. The number of aromatic nitrogens is 1. The van der Waals surface area contributed by atoms with E-state index in [1.807, 2.05) is 0 Å². The molecular formula is C15H27N3O. The molecule has 0 atom stereocenters. The predicted molar refractivity (Wildman–Crippen MR) is 76.8 cm³/mol. The molecule has 0 spiro atoms. The van der Waals surface area contributed by atoms with Crippen molar-refractivity contribution in [3.05, 3.63) is 17.5 Å². The van der Waals surface area contributed by atoms with Crippen molar-refractivity contribution in [1.82, 2.24) is 15.4 Å². The summed E-state index contributed by atoms with van der Waals surface area (Å²) in [5.41, 5.74) is 1.51. The molecule has 1 aliphatic heterocycles. The van der Waals surface area contributed by atoms with Gasteiger partial charge in [0.1, 0.15) is 0 Å². The Morgan fingerprint density at radius 3 is 2.68 bits per heavy atom. The highest BCUT2D eigenvalue weighted by molar-refractivity contribution is 5.05. The van der Waals surface area contributed by atoms with Crippen LogP contribution in [0.5, 0.6) is 0 Å². The Bertz CT molecular complexity index is 388. The van der Waals surface area contributed by atoms with Crippen LogP contribution in [0.3, 0.4) is 0 Å². The number of rotatable bonds is 5. The summed E-state index contributed by atoms with van der Waals surface area (Å²) >= 11 is 0. The van der Waals surface area contributed by atoms with E-state index in [1.165, 1.54) is 12.8 Å². The Morgan fingerprint density at radius 2 is 2.05 bits per heavy atom. The highest BCUT2D eigenvalue weighted by Gasteiger charge is 2.25. The van der Waals surface area contributed by atoms with E-state index in [-0.39, 0.29) is 0 Å². The Balaban J connectivity index is 1.80. The molecule has 2 heterocycles. The van der Waals surface area contributed by atoms with Gasteiger partial charge in [-0.05, 0) is 31.3 Å². The molecule has 108 valence electrons. The van der Waals surface area contributed by atoms with Gasteiger partial charge in [-0.15, -0.1) is 0 Å². The van der Waals surface area contributed by atoms with Gasteiger partial charge in [0.2, 0.25) is 0 Å². The van der Waals surface area contributed by atoms with E-state index in [2.05, 4.69) is 49.1 Å². The lowest BCUT2D eigenvalue weighted by Gasteiger charge is -2.36. The van der Waals surface area contributed by atoms with Crippen LogP contribution in [-0.4, -0.2) is 29.2 Å². The van der Waals surface area contributed by atoms with Crippen LogP contribution in [0.15, 0.2) is 10.6 Å². The SMILES string of the molecule is CC(C)NCc1cc(CN2CCC(C)(C)CC2)on1. The van der Waals surface area contributed by atoms with Crippen molar-refractivity contribution in [2.24, 2.45) is 5.41 Å². The fraction of sp³-hybridized carbons (Fsp3) is 0.800. The lowest BCUT2D eigenvalue weighted by atomic mass is 9.83. The molecule has 0 aliphatic carbocycles. The van der Waals surface area contributed by atoms with E-state index < -0.39 is 0 Å². The number of nitrogens with one attached hydrogen (secondary N) is 1. The van der Waals surface area contributed by atoms with Crippen molar-refractivity contribution in [1.29, 1.82) is 0 Å². The number of nitrogens with zero attached hydrogens (tertiary/aromatic N) is 2. The van der Waals surface area contributed by atoms with E-state index in [9.17, 15) is 0 Å². The zero-order chi connectivity index (χ0) is 13.9. The molecule has 0 saturated carbocycles. The average Bonchev–Trinajstić information content (AvgIpc) is 2.77. The van der Waals surface area contributed by atoms with E-state index in [1.54, 1.807) is 0 Å². The topological polar surface area (TPSA) is 41.3 Å². The quantitative estimate of drug-likeness (QED) is 0.889.